The van der Waals surface area contributed by atoms with Gasteiger partial charge in [0.05, 0.1) is 6.61 Å². The molecule has 1 amide bonds. The largest absolute Gasteiger partial charge is 0.490 e. The first-order valence-corrected chi connectivity index (χ1v) is 7.18. The molecule has 1 heterocycles. The lowest BCUT2D eigenvalue weighted by atomic mass is 10.1. The average molecular weight is 300 g/mol. The molecule has 0 saturated carbocycles. The first kappa shape index (κ1) is 15.8. The Balaban J connectivity index is 1.99. The predicted molar refractivity (Wildman–Crippen MR) is 85.4 cm³/mol. The van der Waals surface area contributed by atoms with E-state index in [-0.39, 0.29) is 12.5 Å². The van der Waals surface area contributed by atoms with Crippen molar-refractivity contribution in [2.24, 2.45) is 0 Å². The number of carbonyl (C=O) groups is 1. The zero-order valence-electron chi connectivity index (χ0n) is 13.1. The lowest BCUT2D eigenvalue weighted by Crippen LogP contribution is -2.21. The molecule has 1 aromatic carbocycles. The number of pyridine rings is 1. The van der Waals surface area contributed by atoms with Gasteiger partial charge < -0.3 is 14.8 Å². The van der Waals surface area contributed by atoms with Gasteiger partial charge in [-0.3, -0.25) is 4.79 Å². The lowest BCUT2D eigenvalue weighted by Gasteiger charge is -2.13. The molecular weight excluding hydrogens is 280 g/mol. The molecule has 116 valence electrons. The summed E-state index contributed by atoms with van der Waals surface area (Å²) in [4.78, 5) is 16.1. The minimum Gasteiger partial charge on any atom is -0.490 e. The third-order valence-corrected chi connectivity index (χ3v) is 3.08. The fourth-order valence-electron chi connectivity index (χ4n) is 2.09. The summed E-state index contributed by atoms with van der Waals surface area (Å²) < 4.78 is 11.0. The quantitative estimate of drug-likeness (QED) is 0.890. The molecule has 0 bridgehead atoms. The number of anilines is 1. The maximum atomic E-state index is 12.0. The Kier molecular flexibility index (Phi) is 5.36. The Morgan fingerprint density at radius 3 is 2.55 bits per heavy atom. The van der Waals surface area contributed by atoms with Gasteiger partial charge in [-0.05, 0) is 44.0 Å². The van der Waals surface area contributed by atoms with Gasteiger partial charge in [0.2, 0.25) is 0 Å². The first-order chi connectivity index (χ1) is 10.6. The van der Waals surface area contributed by atoms with Crippen molar-refractivity contribution in [1.29, 1.82) is 0 Å². The molecule has 0 spiro atoms. The molecule has 0 aliphatic heterocycles. The maximum absolute atomic E-state index is 12.0. The minimum absolute atomic E-state index is 0.0756. The van der Waals surface area contributed by atoms with Crippen molar-refractivity contribution >= 4 is 11.7 Å². The van der Waals surface area contributed by atoms with Gasteiger partial charge in [-0.25, -0.2) is 4.98 Å². The van der Waals surface area contributed by atoms with Crippen molar-refractivity contribution in [1.82, 2.24) is 4.98 Å². The summed E-state index contributed by atoms with van der Waals surface area (Å²) in [5.74, 6) is 1.41. The predicted octanol–water partition coefficient (Wildman–Crippen LogP) is 3.11. The Morgan fingerprint density at radius 1 is 1.14 bits per heavy atom. The Labute approximate surface area is 130 Å². The highest BCUT2D eigenvalue weighted by atomic mass is 16.5. The fraction of sp³-hybridized carbons (Fsp3) is 0.294. The molecular formula is C17H20N2O3. The number of rotatable bonds is 6. The topological polar surface area (TPSA) is 60.5 Å². The van der Waals surface area contributed by atoms with Gasteiger partial charge in [0.1, 0.15) is 5.75 Å². The van der Waals surface area contributed by atoms with E-state index >= 15 is 0 Å². The van der Waals surface area contributed by atoms with E-state index in [1.807, 2.05) is 39.0 Å². The van der Waals surface area contributed by atoms with E-state index in [4.69, 9.17) is 9.47 Å². The Morgan fingerprint density at radius 2 is 1.86 bits per heavy atom. The van der Waals surface area contributed by atoms with Crippen LogP contribution < -0.4 is 14.8 Å². The normalized spacial score (nSPS) is 10.1. The lowest BCUT2D eigenvalue weighted by molar-refractivity contribution is -0.118. The molecule has 2 rings (SSSR count). The molecule has 5 nitrogen and oxygen atoms in total. The van der Waals surface area contributed by atoms with Crippen LogP contribution in [0.2, 0.25) is 0 Å². The van der Waals surface area contributed by atoms with Gasteiger partial charge in [-0.2, -0.15) is 0 Å². The molecule has 0 aliphatic carbocycles. The second kappa shape index (κ2) is 7.45. The van der Waals surface area contributed by atoms with Crippen molar-refractivity contribution < 1.29 is 14.3 Å². The molecule has 1 N–H and O–H groups in total. The monoisotopic (exact) mass is 300 g/mol. The second-order valence-electron chi connectivity index (χ2n) is 4.84. The van der Waals surface area contributed by atoms with Crippen LogP contribution in [0.15, 0.2) is 36.5 Å². The molecule has 0 unspecified atom stereocenters. The molecule has 0 aliphatic rings. The zero-order valence-corrected chi connectivity index (χ0v) is 13.1. The van der Waals surface area contributed by atoms with E-state index in [0.29, 0.717) is 18.2 Å². The fourth-order valence-corrected chi connectivity index (χ4v) is 2.09. The summed E-state index contributed by atoms with van der Waals surface area (Å²) in [7, 11) is 0. The van der Waals surface area contributed by atoms with Crippen LogP contribution in [0.4, 0.5) is 5.82 Å². The third kappa shape index (κ3) is 3.97. The van der Waals surface area contributed by atoms with Gasteiger partial charge in [0.25, 0.3) is 5.91 Å². The van der Waals surface area contributed by atoms with Crippen LogP contribution >= 0.6 is 0 Å². The second-order valence-corrected chi connectivity index (χ2v) is 4.84. The Hall–Kier alpha value is -2.56. The van der Waals surface area contributed by atoms with Crippen LogP contribution in [0.1, 0.15) is 18.1 Å². The number of hydrogen-bond acceptors (Lipinski definition) is 4. The molecule has 2 aromatic rings. The van der Waals surface area contributed by atoms with E-state index in [0.717, 1.165) is 16.9 Å². The number of benzene rings is 1. The molecule has 0 fully saturated rings. The highest BCUT2D eigenvalue weighted by molar-refractivity contribution is 5.92. The smallest absolute Gasteiger partial charge is 0.263 e. The Bertz CT molecular complexity index is 636. The number of aromatic nitrogens is 1. The van der Waals surface area contributed by atoms with E-state index < -0.39 is 0 Å². The number of carbonyl (C=O) groups excluding carboxylic acids is 1. The first-order valence-electron chi connectivity index (χ1n) is 7.18. The summed E-state index contributed by atoms with van der Waals surface area (Å²) in [5.41, 5.74) is 2.00. The molecule has 1 aromatic heterocycles. The summed E-state index contributed by atoms with van der Waals surface area (Å²) in [6.45, 7) is 6.21. The zero-order chi connectivity index (χ0) is 15.9. The summed E-state index contributed by atoms with van der Waals surface area (Å²) in [6.07, 6.45) is 1.60. The highest BCUT2D eigenvalue weighted by Gasteiger charge is 2.11. The average Bonchev–Trinajstić information content (AvgIpc) is 2.49. The van der Waals surface area contributed by atoms with E-state index in [2.05, 4.69) is 10.3 Å². The number of ether oxygens (including phenoxy) is 2. The van der Waals surface area contributed by atoms with Crippen molar-refractivity contribution in [2.75, 3.05) is 18.5 Å². The SMILES string of the molecule is CCOc1cccnc1NC(=O)COc1c(C)cccc1C. The molecule has 0 saturated heterocycles. The van der Waals surface area contributed by atoms with Crippen molar-refractivity contribution in [2.45, 2.75) is 20.8 Å². The van der Waals surface area contributed by atoms with Gasteiger partial charge >= 0.3 is 0 Å². The number of amides is 1. The van der Waals surface area contributed by atoms with Gasteiger partial charge in [0, 0.05) is 6.20 Å². The number of nitrogens with one attached hydrogen (secondary N) is 1. The van der Waals surface area contributed by atoms with Crippen molar-refractivity contribution in [3.8, 4) is 11.5 Å². The summed E-state index contributed by atoms with van der Waals surface area (Å²) in [5, 5.41) is 2.70. The standard InChI is InChI=1S/C17H20N2O3/c1-4-21-14-9-6-10-18-17(14)19-15(20)11-22-16-12(2)7-5-8-13(16)3/h5-10H,4,11H2,1-3H3,(H,18,19,20). The van der Waals surface area contributed by atoms with Gasteiger partial charge in [0.15, 0.2) is 18.2 Å². The maximum Gasteiger partial charge on any atom is 0.263 e. The molecule has 22 heavy (non-hydrogen) atoms. The number of hydrogen-bond donors (Lipinski definition) is 1. The van der Waals surface area contributed by atoms with Crippen LogP contribution in [-0.4, -0.2) is 24.1 Å². The van der Waals surface area contributed by atoms with E-state index in [9.17, 15) is 4.79 Å². The molecule has 5 heteroatoms. The van der Waals surface area contributed by atoms with Gasteiger partial charge in [-0.15, -0.1) is 0 Å². The van der Waals surface area contributed by atoms with E-state index in [1.54, 1.807) is 18.3 Å². The van der Waals surface area contributed by atoms with Crippen molar-refractivity contribution in [3.63, 3.8) is 0 Å². The third-order valence-electron chi connectivity index (χ3n) is 3.08. The molecule has 0 atom stereocenters. The number of para-hydroxylation sites is 1. The van der Waals surface area contributed by atoms with Crippen LogP contribution in [0.25, 0.3) is 0 Å². The summed E-state index contributed by atoms with van der Waals surface area (Å²) in [6, 6.07) is 9.38. The summed E-state index contributed by atoms with van der Waals surface area (Å²) >= 11 is 0. The van der Waals surface area contributed by atoms with Crippen LogP contribution in [0.5, 0.6) is 11.5 Å². The van der Waals surface area contributed by atoms with Crippen LogP contribution in [-0.2, 0) is 4.79 Å². The van der Waals surface area contributed by atoms with Gasteiger partial charge in [-0.1, -0.05) is 18.2 Å². The van der Waals surface area contributed by atoms with E-state index in [1.165, 1.54) is 0 Å². The van der Waals surface area contributed by atoms with Crippen molar-refractivity contribution in [3.05, 3.63) is 47.7 Å². The molecule has 0 radical (unpaired) electrons. The minimum atomic E-state index is -0.276. The number of aryl methyl sites for hydroxylation is 2. The number of nitrogens with zero attached hydrogens (tertiary/aromatic N) is 1. The highest BCUT2D eigenvalue weighted by Crippen LogP contribution is 2.23. The van der Waals surface area contributed by atoms with Crippen LogP contribution in [0.3, 0.4) is 0 Å². The van der Waals surface area contributed by atoms with Crippen LogP contribution in [0, 0.1) is 13.8 Å².